The van der Waals surface area contributed by atoms with E-state index in [0.717, 1.165) is 17.5 Å². The van der Waals surface area contributed by atoms with E-state index in [9.17, 15) is 4.80 Å². The van der Waals surface area contributed by atoms with Gasteiger partial charge in [0.1, 0.15) is 3.72 Å². The third kappa shape index (κ3) is 3.55. The summed E-state index contributed by atoms with van der Waals surface area (Å²) in [6.07, 6.45) is 0.805. The first-order chi connectivity index (χ1) is 8.04. The molecule has 100 valence electrons. The zero-order chi connectivity index (χ0) is 14.1. The van der Waals surface area contributed by atoms with Gasteiger partial charge in [0.05, 0.1) is 0 Å². The van der Waals surface area contributed by atoms with Gasteiger partial charge in [-0.05, 0) is 64.8 Å². The average Bonchev–Trinajstić information content (AvgIpc) is 2.18. The van der Waals surface area contributed by atoms with Gasteiger partial charge in [-0.2, -0.15) is 0 Å². The SMILES string of the molecule is CC(C)(Cc1ccc(N)c(C(=N)I)c1)[Si](C)(C)O. The summed E-state index contributed by atoms with van der Waals surface area (Å²) in [5, 5.41) is 7.59. The van der Waals surface area contributed by atoms with Gasteiger partial charge in [0.15, 0.2) is 8.32 Å². The lowest BCUT2D eigenvalue weighted by Crippen LogP contribution is -2.40. The number of nitrogens with two attached hydrogens (primary N) is 1. The minimum absolute atomic E-state index is 0.103. The molecule has 0 atom stereocenters. The molecule has 0 amide bonds. The van der Waals surface area contributed by atoms with Crippen molar-refractivity contribution in [2.45, 2.75) is 38.4 Å². The Balaban J connectivity index is 3.07. The van der Waals surface area contributed by atoms with E-state index in [4.69, 9.17) is 11.1 Å². The van der Waals surface area contributed by atoms with Crippen molar-refractivity contribution >= 4 is 40.3 Å². The fourth-order valence-corrected chi connectivity index (χ4v) is 2.73. The Morgan fingerprint density at radius 2 is 2.00 bits per heavy atom. The molecule has 18 heavy (non-hydrogen) atoms. The summed E-state index contributed by atoms with van der Waals surface area (Å²) >= 11 is 1.97. The Labute approximate surface area is 124 Å². The molecule has 0 unspecified atom stereocenters. The quantitative estimate of drug-likeness (QED) is 0.326. The predicted molar refractivity (Wildman–Crippen MR) is 89.1 cm³/mol. The second-order valence-electron chi connectivity index (χ2n) is 5.86. The van der Waals surface area contributed by atoms with Gasteiger partial charge in [-0.15, -0.1) is 0 Å². The number of anilines is 1. The Morgan fingerprint density at radius 1 is 1.44 bits per heavy atom. The molecular formula is C13H21IN2OSi. The monoisotopic (exact) mass is 376 g/mol. The van der Waals surface area contributed by atoms with E-state index >= 15 is 0 Å². The molecule has 0 bridgehead atoms. The first-order valence-electron chi connectivity index (χ1n) is 5.90. The number of benzene rings is 1. The van der Waals surface area contributed by atoms with Crippen LogP contribution in [-0.2, 0) is 6.42 Å². The van der Waals surface area contributed by atoms with E-state index in [0.29, 0.717) is 9.41 Å². The smallest absolute Gasteiger partial charge is 0.188 e. The van der Waals surface area contributed by atoms with E-state index in [1.54, 1.807) is 0 Å². The average molecular weight is 376 g/mol. The van der Waals surface area contributed by atoms with Crippen LogP contribution in [0.1, 0.15) is 25.0 Å². The van der Waals surface area contributed by atoms with Crippen LogP contribution in [0, 0.1) is 5.41 Å². The molecule has 5 heteroatoms. The number of halogens is 1. The molecular weight excluding hydrogens is 355 g/mol. The molecule has 0 aromatic heterocycles. The summed E-state index contributed by atoms with van der Waals surface area (Å²) in [4.78, 5) is 10.3. The summed E-state index contributed by atoms with van der Waals surface area (Å²) in [6.45, 7) is 8.13. The number of nitrogens with one attached hydrogen (secondary N) is 1. The fraction of sp³-hybridized carbons (Fsp3) is 0.462. The highest BCUT2D eigenvalue weighted by Crippen LogP contribution is 2.39. The molecule has 3 nitrogen and oxygen atoms in total. The highest BCUT2D eigenvalue weighted by Gasteiger charge is 2.37. The van der Waals surface area contributed by atoms with Crippen LogP contribution in [0.15, 0.2) is 18.2 Å². The van der Waals surface area contributed by atoms with Gasteiger partial charge >= 0.3 is 0 Å². The topological polar surface area (TPSA) is 70.1 Å². The maximum Gasteiger partial charge on any atom is 0.188 e. The van der Waals surface area contributed by atoms with Crippen LogP contribution in [0.5, 0.6) is 0 Å². The first kappa shape index (κ1) is 15.7. The Morgan fingerprint density at radius 3 is 2.44 bits per heavy atom. The summed E-state index contributed by atoms with van der Waals surface area (Å²) < 4.78 is 0.449. The molecule has 0 saturated carbocycles. The highest BCUT2D eigenvalue weighted by atomic mass is 127. The van der Waals surface area contributed by atoms with Gasteiger partial charge in [-0.3, -0.25) is 5.41 Å². The fourth-order valence-electron chi connectivity index (χ4n) is 1.63. The number of hydrogen-bond donors (Lipinski definition) is 3. The van der Waals surface area contributed by atoms with Crippen LogP contribution in [0.25, 0.3) is 0 Å². The normalized spacial score (nSPS) is 12.6. The maximum absolute atomic E-state index is 10.3. The molecule has 1 aromatic rings. The van der Waals surface area contributed by atoms with E-state index in [1.807, 2.05) is 53.9 Å². The van der Waals surface area contributed by atoms with E-state index < -0.39 is 8.32 Å². The zero-order valence-corrected chi connectivity index (χ0v) is 14.5. The lowest BCUT2D eigenvalue weighted by atomic mass is 9.99. The van der Waals surface area contributed by atoms with Crippen molar-refractivity contribution in [3.8, 4) is 0 Å². The van der Waals surface area contributed by atoms with Gasteiger partial charge in [0, 0.05) is 11.3 Å². The van der Waals surface area contributed by atoms with Crippen molar-refractivity contribution in [2.24, 2.45) is 0 Å². The lowest BCUT2D eigenvalue weighted by Gasteiger charge is -2.35. The van der Waals surface area contributed by atoms with Crippen LogP contribution in [-0.4, -0.2) is 16.8 Å². The zero-order valence-electron chi connectivity index (χ0n) is 11.3. The number of nitrogen functional groups attached to an aromatic ring is 1. The summed E-state index contributed by atoms with van der Waals surface area (Å²) in [7, 11) is -2.21. The van der Waals surface area contributed by atoms with Crippen LogP contribution >= 0.6 is 22.6 Å². The first-order valence-corrected chi connectivity index (χ1v) is 9.92. The van der Waals surface area contributed by atoms with E-state index in [1.165, 1.54) is 0 Å². The summed E-state index contributed by atoms with van der Waals surface area (Å²) in [5.41, 5.74) is 8.39. The van der Waals surface area contributed by atoms with Crippen molar-refractivity contribution in [2.75, 3.05) is 5.73 Å². The van der Waals surface area contributed by atoms with E-state index in [-0.39, 0.29) is 5.04 Å². The lowest BCUT2D eigenvalue weighted by molar-refractivity contribution is 0.467. The molecule has 0 heterocycles. The molecule has 1 rings (SSSR count). The van der Waals surface area contributed by atoms with Crippen molar-refractivity contribution < 1.29 is 4.80 Å². The molecule has 0 fully saturated rings. The standard InChI is InChI=1S/C13H21IN2OSi/c1-13(2,18(3,4)17)8-9-5-6-11(15)10(7-9)12(14)16/h5-7,16-17H,8,15H2,1-4H3. The Hall–Kier alpha value is -0.403. The Bertz CT molecular complexity index is 467. The second kappa shape index (κ2) is 5.30. The molecule has 0 saturated heterocycles. The Kier molecular flexibility index (Phi) is 4.61. The summed E-state index contributed by atoms with van der Waals surface area (Å²) in [5.74, 6) is 0. The third-order valence-electron chi connectivity index (χ3n) is 3.66. The molecule has 0 aliphatic carbocycles. The van der Waals surface area contributed by atoms with Gasteiger partial charge < -0.3 is 10.5 Å². The van der Waals surface area contributed by atoms with Crippen LogP contribution < -0.4 is 5.73 Å². The van der Waals surface area contributed by atoms with Crippen molar-refractivity contribution in [1.29, 1.82) is 5.41 Å². The van der Waals surface area contributed by atoms with Gasteiger partial charge in [-0.25, -0.2) is 0 Å². The van der Waals surface area contributed by atoms with Crippen molar-refractivity contribution in [3.05, 3.63) is 29.3 Å². The molecule has 0 aliphatic rings. The van der Waals surface area contributed by atoms with E-state index in [2.05, 4.69) is 13.8 Å². The van der Waals surface area contributed by atoms with Crippen molar-refractivity contribution in [3.63, 3.8) is 0 Å². The van der Waals surface area contributed by atoms with Gasteiger partial charge in [-0.1, -0.05) is 19.9 Å². The molecule has 4 N–H and O–H groups in total. The van der Waals surface area contributed by atoms with Gasteiger partial charge in [0.25, 0.3) is 0 Å². The predicted octanol–water partition coefficient (Wildman–Crippen LogP) is 3.55. The minimum atomic E-state index is -2.21. The van der Waals surface area contributed by atoms with Crippen LogP contribution in [0.4, 0.5) is 5.69 Å². The minimum Gasteiger partial charge on any atom is -0.432 e. The number of hydrogen-bond acceptors (Lipinski definition) is 3. The van der Waals surface area contributed by atoms with Gasteiger partial charge in [0.2, 0.25) is 0 Å². The maximum atomic E-state index is 10.3. The molecule has 0 radical (unpaired) electrons. The summed E-state index contributed by atoms with van der Waals surface area (Å²) in [6, 6.07) is 5.80. The molecule has 1 aromatic carbocycles. The molecule has 0 aliphatic heterocycles. The van der Waals surface area contributed by atoms with Crippen molar-refractivity contribution in [1.82, 2.24) is 0 Å². The van der Waals surface area contributed by atoms with Crippen LogP contribution in [0.3, 0.4) is 0 Å². The number of rotatable bonds is 4. The van der Waals surface area contributed by atoms with Crippen LogP contribution in [0.2, 0.25) is 18.1 Å². The third-order valence-corrected chi connectivity index (χ3v) is 7.73. The largest absolute Gasteiger partial charge is 0.432 e. The second-order valence-corrected chi connectivity index (χ2v) is 11.4. The molecule has 0 spiro atoms. The highest BCUT2D eigenvalue weighted by molar-refractivity contribution is 14.1.